The molecule has 186 valence electrons. The Morgan fingerprint density at radius 2 is 1.75 bits per heavy atom. The first kappa shape index (κ1) is 23.1. The molecule has 5 heteroatoms. The summed E-state index contributed by atoms with van der Waals surface area (Å²) in [5, 5.41) is 0. The van der Waals surface area contributed by atoms with Gasteiger partial charge in [-0.25, -0.2) is 4.90 Å². The van der Waals surface area contributed by atoms with Crippen LogP contribution in [0.1, 0.15) is 67.5 Å². The van der Waals surface area contributed by atoms with Gasteiger partial charge in [-0.15, -0.1) is 0 Å². The average molecular weight is 483 g/mol. The van der Waals surface area contributed by atoms with Gasteiger partial charge in [0.15, 0.2) is 0 Å². The van der Waals surface area contributed by atoms with E-state index in [2.05, 4.69) is 37.0 Å². The number of hydrogen-bond donors (Lipinski definition) is 1. The van der Waals surface area contributed by atoms with Gasteiger partial charge >= 0.3 is 0 Å². The number of amides is 2. The third-order valence-electron chi connectivity index (χ3n) is 8.91. The van der Waals surface area contributed by atoms with E-state index < -0.39 is 5.92 Å². The van der Waals surface area contributed by atoms with Crippen molar-refractivity contribution in [1.82, 2.24) is 4.98 Å². The molecule has 6 rings (SSSR count). The van der Waals surface area contributed by atoms with Crippen LogP contribution in [0.15, 0.2) is 60.7 Å². The van der Waals surface area contributed by atoms with Gasteiger partial charge in [-0.05, 0) is 78.5 Å². The second-order valence-corrected chi connectivity index (χ2v) is 11.1. The highest BCUT2D eigenvalue weighted by molar-refractivity contribution is 6.24. The maximum atomic E-state index is 13.9. The van der Waals surface area contributed by atoms with Crippen molar-refractivity contribution in [3.8, 4) is 5.75 Å². The van der Waals surface area contributed by atoms with Gasteiger partial charge in [-0.2, -0.15) is 0 Å². The van der Waals surface area contributed by atoms with Crippen molar-refractivity contribution in [3.63, 3.8) is 0 Å². The molecule has 1 N–H and O–H groups in total. The van der Waals surface area contributed by atoms with E-state index in [1.54, 1.807) is 7.11 Å². The maximum Gasteiger partial charge on any atom is 0.242 e. The molecule has 3 aromatic rings. The number of anilines is 1. The SMILES string of the molecule is COc1ccc(Cc2cc3c([nH]2)[C@H]2CCC(C(C)C)C[C@@H]2[C@@H]2C(=O)N(c4ccccc4)C(=O)[C@H]32)cc1. The fourth-order valence-corrected chi connectivity index (χ4v) is 7.05. The summed E-state index contributed by atoms with van der Waals surface area (Å²) in [6.07, 6.45) is 4.01. The average Bonchev–Trinajstić information content (AvgIpc) is 3.42. The number of aromatic nitrogens is 1. The van der Waals surface area contributed by atoms with Crippen LogP contribution in [0.5, 0.6) is 5.75 Å². The number of hydrogen-bond acceptors (Lipinski definition) is 3. The second-order valence-electron chi connectivity index (χ2n) is 11.1. The zero-order valence-corrected chi connectivity index (χ0v) is 21.2. The lowest BCUT2D eigenvalue weighted by Gasteiger charge is -2.44. The van der Waals surface area contributed by atoms with Gasteiger partial charge in [0, 0.05) is 23.7 Å². The molecule has 0 radical (unpaired) electrons. The molecular formula is C31H34N2O3. The lowest BCUT2D eigenvalue weighted by atomic mass is 9.58. The number of carbonyl (C=O) groups excluding carboxylic acids is 2. The summed E-state index contributed by atoms with van der Waals surface area (Å²) in [5.41, 5.74) is 5.22. The number of nitrogens with one attached hydrogen (secondary N) is 1. The number of para-hydroxylation sites is 1. The van der Waals surface area contributed by atoms with Crippen molar-refractivity contribution in [3.05, 3.63) is 83.2 Å². The van der Waals surface area contributed by atoms with Gasteiger partial charge in [0.1, 0.15) is 5.75 Å². The Labute approximate surface area is 212 Å². The van der Waals surface area contributed by atoms with Crippen LogP contribution < -0.4 is 9.64 Å². The van der Waals surface area contributed by atoms with Crippen molar-refractivity contribution in [1.29, 1.82) is 0 Å². The third kappa shape index (κ3) is 3.68. The van der Waals surface area contributed by atoms with Crippen molar-refractivity contribution in [2.24, 2.45) is 23.7 Å². The molecule has 3 aliphatic rings. The number of rotatable bonds is 5. The molecule has 2 aromatic carbocycles. The number of H-pyrrole nitrogens is 1. The first-order valence-electron chi connectivity index (χ1n) is 13.2. The van der Waals surface area contributed by atoms with Gasteiger partial charge in [-0.3, -0.25) is 9.59 Å². The molecule has 1 unspecified atom stereocenters. The van der Waals surface area contributed by atoms with E-state index in [0.29, 0.717) is 23.4 Å². The maximum absolute atomic E-state index is 13.9. The van der Waals surface area contributed by atoms with Gasteiger partial charge in [0.25, 0.3) is 0 Å². The Morgan fingerprint density at radius 1 is 1.00 bits per heavy atom. The summed E-state index contributed by atoms with van der Waals surface area (Å²) in [6, 6.07) is 19.7. The molecule has 1 saturated carbocycles. The van der Waals surface area contributed by atoms with Crippen LogP contribution in [-0.4, -0.2) is 23.9 Å². The quantitative estimate of drug-likeness (QED) is 0.450. The van der Waals surface area contributed by atoms with Gasteiger partial charge < -0.3 is 9.72 Å². The standard InChI is InChI=1S/C31H34N2O3/c1-18(2)20-11-14-24-25(16-20)27-28(31(35)33(30(27)34)22-7-5-4-6-8-22)26-17-21(32-29(24)26)15-19-9-12-23(36-3)13-10-19/h4-10,12-13,17-18,20,24-25,27-28,32H,11,14-16H2,1-3H3/t20?,24-,25-,27-,28+/m0/s1. The van der Waals surface area contributed by atoms with Crippen LogP contribution >= 0.6 is 0 Å². The number of carbonyl (C=O) groups is 2. The predicted molar refractivity (Wildman–Crippen MR) is 140 cm³/mol. The van der Waals surface area contributed by atoms with Crippen LogP contribution in [0.25, 0.3) is 0 Å². The molecular weight excluding hydrogens is 448 g/mol. The van der Waals surface area contributed by atoms with E-state index in [-0.39, 0.29) is 23.7 Å². The van der Waals surface area contributed by atoms with E-state index in [4.69, 9.17) is 4.74 Å². The number of benzene rings is 2. The van der Waals surface area contributed by atoms with Crippen LogP contribution in [0.3, 0.4) is 0 Å². The minimum atomic E-state index is -0.402. The van der Waals surface area contributed by atoms with E-state index >= 15 is 0 Å². The molecule has 1 aliphatic heterocycles. The molecule has 1 aromatic heterocycles. The second kappa shape index (κ2) is 8.95. The molecule has 2 fully saturated rings. The summed E-state index contributed by atoms with van der Waals surface area (Å²) < 4.78 is 5.30. The Balaban J connectivity index is 1.41. The molecule has 0 spiro atoms. The molecule has 1 saturated heterocycles. The lowest BCUT2D eigenvalue weighted by Crippen LogP contribution is -2.40. The largest absolute Gasteiger partial charge is 0.497 e. The van der Waals surface area contributed by atoms with Crippen molar-refractivity contribution in [2.75, 3.05) is 12.0 Å². The number of imide groups is 1. The van der Waals surface area contributed by atoms with Crippen LogP contribution in [0.2, 0.25) is 0 Å². The Bertz CT molecular complexity index is 1280. The summed E-state index contributed by atoms with van der Waals surface area (Å²) in [4.78, 5) is 33.1. The summed E-state index contributed by atoms with van der Waals surface area (Å²) in [6.45, 7) is 4.58. The van der Waals surface area contributed by atoms with Crippen LogP contribution in [0.4, 0.5) is 5.69 Å². The molecule has 2 amide bonds. The molecule has 5 atom stereocenters. The third-order valence-corrected chi connectivity index (χ3v) is 8.91. The highest BCUT2D eigenvalue weighted by Crippen LogP contribution is 2.57. The zero-order valence-electron chi connectivity index (χ0n) is 21.2. The van der Waals surface area contributed by atoms with Crippen LogP contribution in [-0.2, 0) is 16.0 Å². The van der Waals surface area contributed by atoms with Crippen molar-refractivity contribution in [2.45, 2.75) is 51.4 Å². The van der Waals surface area contributed by atoms with Gasteiger partial charge in [-0.1, -0.05) is 44.2 Å². The monoisotopic (exact) mass is 482 g/mol. The first-order valence-corrected chi connectivity index (χ1v) is 13.2. The van der Waals surface area contributed by atoms with E-state index in [1.165, 1.54) is 22.6 Å². The fraction of sp³-hybridized carbons (Fsp3) is 0.419. The summed E-state index contributed by atoms with van der Waals surface area (Å²) >= 11 is 0. The number of methoxy groups -OCH3 is 1. The first-order chi connectivity index (χ1) is 17.5. The number of aromatic amines is 1. The molecule has 36 heavy (non-hydrogen) atoms. The van der Waals surface area contributed by atoms with Crippen LogP contribution in [0, 0.1) is 23.7 Å². The zero-order chi connectivity index (χ0) is 25.0. The Kier molecular flexibility index (Phi) is 5.74. The van der Waals surface area contributed by atoms with E-state index in [9.17, 15) is 9.59 Å². The number of ether oxygens (including phenoxy) is 1. The summed E-state index contributed by atoms with van der Waals surface area (Å²) in [5.74, 6) is 1.75. The normalized spacial score (nSPS) is 27.1. The van der Waals surface area contributed by atoms with Crippen molar-refractivity contribution < 1.29 is 14.3 Å². The molecule has 5 nitrogen and oxygen atoms in total. The highest BCUT2D eigenvalue weighted by atomic mass is 16.5. The number of nitrogens with zero attached hydrogens (tertiary/aromatic N) is 1. The molecule has 2 heterocycles. The minimum absolute atomic E-state index is 0.0147. The lowest BCUT2D eigenvalue weighted by molar-refractivity contribution is -0.123. The van der Waals surface area contributed by atoms with Crippen molar-refractivity contribution >= 4 is 17.5 Å². The minimum Gasteiger partial charge on any atom is -0.497 e. The molecule has 0 bridgehead atoms. The predicted octanol–water partition coefficient (Wildman–Crippen LogP) is 6.06. The fourth-order valence-electron chi connectivity index (χ4n) is 7.05. The Hall–Kier alpha value is -3.34. The number of fused-ring (bicyclic) bond motifs is 6. The summed E-state index contributed by atoms with van der Waals surface area (Å²) in [7, 11) is 1.67. The Morgan fingerprint density at radius 3 is 2.44 bits per heavy atom. The smallest absolute Gasteiger partial charge is 0.242 e. The topological polar surface area (TPSA) is 62.4 Å². The van der Waals surface area contributed by atoms with Gasteiger partial charge in [0.2, 0.25) is 11.8 Å². The highest BCUT2D eigenvalue weighted by Gasteiger charge is 2.58. The van der Waals surface area contributed by atoms with Gasteiger partial charge in [0.05, 0.1) is 24.6 Å². The van der Waals surface area contributed by atoms with E-state index in [1.807, 2.05) is 42.5 Å². The molecule has 2 aliphatic carbocycles. The van der Waals surface area contributed by atoms with E-state index in [0.717, 1.165) is 36.3 Å².